The van der Waals surface area contributed by atoms with Crippen molar-refractivity contribution < 1.29 is 24.6 Å². The van der Waals surface area contributed by atoms with Crippen molar-refractivity contribution >= 4 is 29.7 Å². The molecule has 7 nitrogen and oxygen atoms in total. The summed E-state index contributed by atoms with van der Waals surface area (Å²) in [6.45, 7) is 0.406. The van der Waals surface area contributed by atoms with Crippen molar-refractivity contribution in [2.45, 2.75) is 76.4 Å². The highest BCUT2D eigenvalue weighted by Crippen LogP contribution is 2.28. The van der Waals surface area contributed by atoms with Crippen molar-refractivity contribution in [3.63, 3.8) is 0 Å². The Kier molecular flexibility index (Phi) is 9.41. The Hall–Kier alpha value is -1.28. The summed E-state index contributed by atoms with van der Waals surface area (Å²) >= 11 is 1.68. The Morgan fingerprint density at radius 3 is 2.63 bits per heavy atom. The van der Waals surface area contributed by atoms with Crippen LogP contribution in [0.4, 0.5) is 4.79 Å². The fourth-order valence-electron chi connectivity index (χ4n) is 3.89. The van der Waals surface area contributed by atoms with Gasteiger partial charge in [-0.2, -0.15) is 11.8 Å². The molecular weight excluding hydrogens is 368 g/mol. The largest absolute Gasteiger partial charge is 0.481 e. The first-order chi connectivity index (χ1) is 13.0. The molecule has 1 saturated carbocycles. The zero-order chi connectivity index (χ0) is 19.6. The lowest BCUT2D eigenvalue weighted by Gasteiger charge is -2.29. The Morgan fingerprint density at radius 2 is 1.93 bits per heavy atom. The molecule has 0 spiro atoms. The molecule has 0 bridgehead atoms. The first-order valence-electron chi connectivity index (χ1n) is 10.1. The van der Waals surface area contributed by atoms with E-state index in [1.54, 1.807) is 16.7 Å². The predicted octanol–water partition coefficient (Wildman–Crippen LogP) is 2.62. The van der Waals surface area contributed by atoms with Crippen molar-refractivity contribution in [2.75, 3.05) is 18.1 Å². The zero-order valence-corrected chi connectivity index (χ0v) is 16.7. The Balaban J connectivity index is 1.69. The van der Waals surface area contributed by atoms with Gasteiger partial charge >= 0.3 is 12.0 Å². The average Bonchev–Trinajstić information content (AvgIpc) is 2.92. The Labute approximate surface area is 165 Å². The molecule has 0 aromatic heterocycles. The van der Waals surface area contributed by atoms with E-state index in [-0.39, 0.29) is 18.4 Å². The minimum absolute atomic E-state index is 0.192. The minimum atomic E-state index is -0.771. The third-order valence-electron chi connectivity index (χ3n) is 5.49. The molecule has 2 rings (SSSR count). The van der Waals surface area contributed by atoms with Gasteiger partial charge in [-0.15, -0.1) is 0 Å². The highest BCUT2D eigenvalue weighted by molar-refractivity contribution is 7.99. The molecule has 1 heterocycles. The van der Waals surface area contributed by atoms with Crippen LogP contribution in [0.3, 0.4) is 0 Å². The summed E-state index contributed by atoms with van der Waals surface area (Å²) in [6.07, 6.45) is 8.05. The number of nitrogens with one attached hydrogen (secondary N) is 1. The molecule has 154 valence electrons. The van der Waals surface area contributed by atoms with Crippen molar-refractivity contribution in [3.05, 3.63) is 0 Å². The molecule has 1 aliphatic heterocycles. The highest BCUT2D eigenvalue weighted by atomic mass is 32.2. The van der Waals surface area contributed by atoms with Crippen molar-refractivity contribution in [1.29, 1.82) is 0 Å². The Bertz CT molecular complexity index is 510. The molecule has 8 heteroatoms. The van der Waals surface area contributed by atoms with E-state index in [4.69, 9.17) is 5.11 Å². The number of urea groups is 1. The maximum atomic E-state index is 12.1. The van der Waals surface area contributed by atoms with Crippen molar-refractivity contribution in [3.8, 4) is 0 Å². The number of hydrogen-bond acceptors (Lipinski definition) is 5. The van der Waals surface area contributed by atoms with Crippen LogP contribution in [0.2, 0.25) is 0 Å². The molecule has 0 aromatic carbocycles. The maximum absolute atomic E-state index is 12.1. The zero-order valence-electron chi connectivity index (χ0n) is 15.9. The van der Waals surface area contributed by atoms with Crippen molar-refractivity contribution in [2.24, 2.45) is 5.92 Å². The number of hydrogen-bond donors (Lipinski definition) is 3. The van der Waals surface area contributed by atoms with E-state index >= 15 is 0 Å². The van der Waals surface area contributed by atoms with Gasteiger partial charge in [-0.3, -0.25) is 14.9 Å². The van der Waals surface area contributed by atoms with Gasteiger partial charge in [0.1, 0.15) is 6.04 Å². The number of carboxylic acid groups (broad SMARTS) is 1. The molecule has 3 amide bonds. The minimum Gasteiger partial charge on any atom is -0.481 e. The van der Waals surface area contributed by atoms with Crippen LogP contribution in [0.25, 0.3) is 0 Å². The number of aliphatic hydroxyl groups excluding tert-OH is 1. The number of aliphatic hydroxyl groups is 1. The van der Waals surface area contributed by atoms with E-state index in [9.17, 15) is 19.5 Å². The lowest BCUT2D eigenvalue weighted by Crippen LogP contribution is -2.38. The highest BCUT2D eigenvalue weighted by Gasteiger charge is 2.38. The fourth-order valence-corrected chi connectivity index (χ4v) is 4.89. The standard InChI is InChI=1S/C19H32N2O5S/c22-16(14-6-2-1-3-7-14)9-11-21-15(18(25)20-19(21)26)10-13-27-12-5-4-8-17(23)24/h14-16,22H,1-13H2,(H,23,24)(H,20,25,26)/t15-,16+/m0/s1. The predicted molar refractivity (Wildman–Crippen MR) is 105 cm³/mol. The molecule has 0 unspecified atom stereocenters. The van der Waals surface area contributed by atoms with Crippen molar-refractivity contribution in [1.82, 2.24) is 10.2 Å². The van der Waals surface area contributed by atoms with E-state index in [0.29, 0.717) is 31.7 Å². The normalized spacial score (nSPS) is 22.1. The number of nitrogens with zero attached hydrogens (tertiary/aromatic N) is 1. The third-order valence-corrected chi connectivity index (χ3v) is 6.60. The van der Waals surface area contributed by atoms with Gasteiger partial charge in [0, 0.05) is 13.0 Å². The number of rotatable bonds is 12. The maximum Gasteiger partial charge on any atom is 0.324 e. The summed E-state index contributed by atoms with van der Waals surface area (Å²) in [4.78, 5) is 36.2. The monoisotopic (exact) mass is 400 g/mol. The fraction of sp³-hybridized carbons (Fsp3) is 0.842. The molecule has 2 fully saturated rings. The summed E-state index contributed by atoms with van der Waals surface area (Å²) in [5.41, 5.74) is 0. The number of aliphatic carboxylic acids is 1. The van der Waals surface area contributed by atoms with Gasteiger partial charge in [0.15, 0.2) is 0 Å². The van der Waals surface area contributed by atoms with Gasteiger partial charge in [0.05, 0.1) is 6.10 Å². The number of imide groups is 1. The van der Waals surface area contributed by atoms with Crippen LogP contribution >= 0.6 is 11.8 Å². The lowest BCUT2D eigenvalue weighted by atomic mass is 9.84. The van der Waals surface area contributed by atoms with Crippen LogP contribution in [-0.2, 0) is 9.59 Å². The number of carbonyl (C=O) groups is 3. The van der Waals surface area contributed by atoms with Gasteiger partial charge in [0.25, 0.3) is 5.91 Å². The van der Waals surface area contributed by atoms with Gasteiger partial charge in [-0.05, 0) is 55.9 Å². The smallest absolute Gasteiger partial charge is 0.324 e. The van der Waals surface area contributed by atoms with E-state index in [0.717, 1.165) is 43.6 Å². The molecule has 3 N–H and O–H groups in total. The Morgan fingerprint density at radius 1 is 1.19 bits per heavy atom. The molecule has 2 atom stereocenters. The third kappa shape index (κ3) is 7.33. The van der Waals surface area contributed by atoms with Gasteiger partial charge < -0.3 is 15.1 Å². The average molecular weight is 401 g/mol. The molecule has 0 aromatic rings. The topological polar surface area (TPSA) is 107 Å². The van der Waals surface area contributed by atoms with E-state index in [1.165, 1.54) is 6.42 Å². The second-order valence-electron chi connectivity index (χ2n) is 7.51. The molecule has 1 aliphatic carbocycles. The van der Waals surface area contributed by atoms with Gasteiger partial charge in [-0.1, -0.05) is 19.3 Å². The van der Waals surface area contributed by atoms with E-state index in [1.807, 2.05) is 0 Å². The lowest BCUT2D eigenvalue weighted by molar-refractivity contribution is -0.137. The second kappa shape index (κ2) is 11.5. The summed E-state index contributed by atoms with van der Waals surface area (Å²) < 4.78 is 0. The molecule has 0 radical (unpaired) electrons. The summed E-state index contributed by atoms with van der Waals surface area (Å²) in [6, 6.07) is -0.810. The van der Waals surface area contributed by atoms with Gasteiger partial charge in [-0.25, -0.2) is 4.79 Å². The van der Waals surface area contributed by atoms with Crippen LogP contribution < -0.4 is 5.32 Å². The first-order valence-corrected chi connectivity index (χ1v) is 11.2. The summed E-state index contributed by atoms with van der Waals surface area (Å²) in [7, 11) is 0. The summed E-state index contributed by atoms with van der Waals surface area (Å²) in [5, 5.41) is 21.4. The number of thioether (sulfide) groups is 1. The summed E-state index contributed by atoms with van der Waals surface area (Å²) in [5.74, 6) is 0.904. The number of unbranched alkanes of at least 4 members (excludes halogenated alkanes) is 1. The van der Waals surface area contributed by atoms with E-state index < -0.39 is 18.1 Å². The van der Waals surface area contributed by atoms with Crippen LogP contribution in [0, 0.1) is 5.92 Å². The molecule has 1 saturated heterocycles. The van der Waals surface area contributed by atoms with E-state index in [2.05, 4.69) is 5.32 Å². The van der Waals surface area contributed by atoms with Crippen LogP contribution in [0.5, 0.6) is 0 Å². The molecule has 27 heavy (non-hydrogen) atoms. The second-order valence-corrected chi connectivity index (χ2v) is 8.73. The molecular formula is C19H32N2O5S. The number of carboxylic acids is 1. The number of amides is 3. The van der Waals surface area contributed by atoms with Crippen LogP contribution in [0.15, 0.2) is 0 Å². The molecule has 2 aliphatic rings. The first kappa shape index (κ1) is 22.0. The SMILES string of the molecule is O=C(O)CCCCSCC[C@H]1C(=O)NC(=O)N1CC[C@@H](O)C1CCCCC1. The van der Waals surface area contributed by atoms with Gasteiger partial charge in [0.2, 0.25) is 0 Å². The quantitative estimate of drug-likeness (QED) is 0.343. The van der Waals surface area contributed by atoms with Crippen LogP contribution in [0.1, 0.15) is 64.2 Å². The van der Waals surface area contributed by atoms with Crippen LogP contribution in [-0.4, -0.2) is 63.2 Å². The number of carbonyl (C=O) groups excluding carboxylic acids is 2.